The number of benzene rings is 2. The maximum Gasteiger partial charge on any atom is 0.229 e. The van der Waals surface area contributed by atoms with E-state index in [4.69, 9.17) is 21.1 Å². The Morgan fingerprint density at radius 3 is 2.86 bits per heavy atom. The van der Waals surface area contributed by atoms with Gasteiger partial charge < -0.3 is 9.47 Å². The molecule has 144 valence electrons. The third-order valence-electron chi connectivity index (χ3n) is 4.43. The number of fused-ring (bicyclic) bond motifs is 1. The van der Waals surface area contributed by atoms with Crippen LogP contribution in [0.25, 0.3) is 0 Å². The van der Waals surface area contributed by atoms with Crippen LogP contribution >= 0.6 is 11.6 Å². The third kappa shape index (κ3) is 3.50. The molecule has 2 heterocycles. The van der Waals surface area contributed by atoms with Gasteiger partial charge >= 0.3 is 0 Å². The lowest BCUT2D eigenvalue weighted by Crippen LogP contribution is -2.29. The van der Waals surface area contributed by atoms with Gasteiger partial charge in [-0.25, -0.2) is 9.07 Å². The molecule has 0 radical (unpaired) electrons. The van der Waals surface area contributed by atoms with Crippen molar-refractivity contribution >= 4 is 23.5 Å². The van der Waals surface area contributed by atoms with E-state index in [9.17, 15) is 9.18 Å². The zero-order valence-electron chi connectivity index (χ0n) is 14.9. The molecule has 1 N–H and O–H groups in total. The van der Waals surface area contributed by atoms with Crippen molar-refractivity contribution < 1.29 is 18.7 Å². The van der Waals surface area contributed by atoms with E-state index in [0.29, 0.717) is 22.5 Å². The number of anilines is 1. The molecule has 1 aromatic heterocycles. The number of halogens is 2. The molecule has 7 nitrogen and oxygen atoms in total. The molecule has 1 atom stereocenters. The molecule has 3 aromatic rings. The minimum atomic E-state index is -0.358. The summed E-state index contributed by atoms with van der Waals surface area (Å²) >= 11 is 6.45. The summed E-state index contributed by atoms with van der Waals surface area (Å²) in [4.78, 5) is 16.0. The van der Waals surface area contributed by atoms with Crippen molar-refractivity contribution in [1.29, 1.82) is 0 Å². The summed E-state index contributed by atoms with van der Waals surface area (Å²) in [5.41, 5.74) is 1.54. The molecule has 1 aliphatic rings. The van der Waals surface area contributed by atoms with Crippen molar-refractivity contribution in [2.24, 2.45) is 0 Å². The summed E-state index contributed by atoms with van der Waals surface area (Å²) in [6, 6.07) is 9.13. The number of rotatable bonds is 5. The van der Waals surface area contributed by atoms with E-state index in [1.807, 2.05) is 0 Å². The van der Waals surface area contributed by atoms with Gasteiger partial charge in [-0.2, -0.15) is 10.1 Å². The molecule has 0 aliphatic carbocycles. The fourth-order valence-corrected chi connectivity index (χ4v) is 3.35. The topological polar surface area (TPSA) is 78.3 Å². The van der Waals surface area contributed by atoms with E-state index in [0.717, 1.165) is 11.1 Å². The van der Waals surface area contributed by atoms with Crippen LogP contribution in [-0.4, -0.2) is 27.8 Å². The fourth-order valence-electron chi connectivity index (χ4n) is 3.07. The van der Waals surface area contributed by atoms with Crippen LogP contribution in [0.1, 0.15) is 23.6 Å². The van der Waals surface area contributed by atoms with Crippen LogP contribution in [-0.2, 0) is 11.4 Å². The highest BCUT2D eigenvalue weighted by Crippen LogP contribution is 2.40. The van der Waals surface area contributed by atoms with Crippen molar-refractivity contribution in [3.63, 3.8) is 0 Å². The van der Waals surface area contributed by atoms with Crippen molar-refractivity contribution in [1.82, 2.24) is 14.8 Å². The monoisotopic (exact) mass is 402 g/mol. The average molecular weight is 403 g/mol. The van der Waals surface area contributed by atoms with E-state index < -0.39 is 0 Å². The number of nitrogens with zero attached hydrogens (tertiary/aromatic N) is 3. The second kappa shape index (κ2) is 7.47. The lowest BCUT2D eigenvalue weighted by Gasteiger charge is -2.24. The molecule has 0 fully saturated rings. The van der Waals surface area contributed by atoms with E-state index in [-0.39, 0.29) is 30.8 Å². The van der Waals surface area contributed by atoms with Crippen LogP contribution in [0.5, 0.6) is 11.5 Å². The van der Waals surface area contributed by atoms with Crippen LogP contribution in [0.2, 0.25) is 5.02 Å². The molecular weight excluding hydrogens is 387 g/mol. The van der Waals surface area contributed by atoms with Gasteiger partial charge in [-0.05, 0) is 35.4 Å². The van der Waals surface area contributed by atoms with E-state index in [1.165, 1.54) is 25.6 Å². The predicted molar refractivity (Wildman–Crippen MR) is 100 cm³/mol. The highest BCUT2D eigenvalue weighted by molar-refractivity contribution is 6.32. The maximum atomic E-state index is 13.0. The number of carbonyl (C=O) groups excluding carboxylic acids is 1. The minimum Gasteiger partial charge on any atom is -0.493 e. The van der Waals surface area contributed by atoms with Crippen molar-refractivity contribution in [2.45, 2.75) is 19.1 Å². The van der Waals surface area contributed by atoms with Crippen molar-refractivity contribution in [2.75, 3.05) is 12.4 Å². The van der Waals surface area contributed by atoms with Crippen LogP contribution in [0, 0.1) is 5.82 Å². The Hall–Kier alpha value is -3.13. The van der Waals surface area contributed by atoms with E-state index in [2.05, 4.69) is 15.4 Å². The zero-order chi connectivity index (χ0) is 19.7. The zero-order valence-corrected chi connectivity index (χ0v) is 15.6. The van der Waals surface area contributed by atoms with Gasteiger partial charge in [-0.15, -0.1) is 0 Å². The Balaban J connectivity index is 1.63. The lowest BCUT2D eigenvalue weighted by molar-refractivity contribution is -0.117. The van der Waals surface area contributed by atoms with Crippen molar-refractivity contribution in [3.8, 4) is 11.5 Å². The number of aromatic nitrogens is 3. The molecule has 4 rings (SSSR count). The Morgan fingerprint density at radius 2 is 2.11 bits per heavy atom. The van der Waals surface area contributed by atoms with Crippen LogP contribution in [0.4, 0.5) is 10.3 Å². The summed E-state index contributed by atoms with van der Waals surface area (Å²) < 4.78 is 25.9. The first-order valence-corrected chi connectivity index (χ1v) is 8.87. The standard InChI is InChI=1S/C19H16ClFN4O3/c1-27-16-7-12(15-8-17(26)24-19-22-10-23-25(15)19)6-14(20)18(16)28-9-11-2-4-13(21)5-3-11/h2-7,10,15H,8-9H2,1H3,(H,22,23,24,26)/t15-/m1/s1. The number of amides is 1. The number of hydrogen-bond donors (Lipinski definition) is 1. The van der Waals surface area contributed by atoms with Gasteiger partial charge in [0, 0.05) is 0 Å². The highest BCUT2D eigenvalue weighted by atomic mass is 35.5. The van der Waals surface area contributed by atoms with Crippen LogP contribution in [0.3, 0.4) is 0 Å². The number of nitrogens with one attached hydrogen (secondary N) is 1. The first-order valence-electron chi connectivity index (χ1n) is 8.49. The average Bonchev–Trinajstić information content (AvgIpc) is 3.15. The van der Waals surface area contributed by atoms with Crippen LogP contribution < -0.4 is 14.8 Å². The molecule has 2 aromatic carbocycles. The summed E-state index contributed by atoms with van der Waals surface area (Å²) in [5.74, 6) is 0.714. The molecule has 0 bridgehead atoms. The fraction of sp³-hybridized carbons (Fsp3) is 0.211. The molecule has 0 unspecified atom stereocenters. The van der Waals surface area contributed by atoms with Gasteiger partial charge in [0.2, 0.25) is 11.9 Å². The molecule has 0 saturated heterocycles. The molecule has 0 spiro atoms. The first kappa shape index (κ1) is 18.2. The molecule has 1 amide bonds. The highest BCUT2D eigenvalue weighted by Gasteiger charge is 2.29. The summed E-state index contributed by atoms with van der Waals surface area (Å²) in [6.07, 6.45) is 1.58. The molecule has 9 heteroatoms. The summed E-state index contributed by atoms with van der Waals surface area (Å²) in [6.45, 7) is 0.203. The number of ether oxygens (including phenoxy) is 2. The third-order valence-corrected chi connectivity index (χ3v) is 4.71. The second-order valence-corrected chi connectivity index (χ2v) is 6.65. The Bertz CT molecular complexity index is 1020. The quantitative estimate of drug-likeness (QED) is 0.705. The minimum absolute atomic E-state index is 0.155. The number of hydrogen-bond acceptors (Lipinski definition) is 5. The largest absolute Gasteiger partial charge is 0.493 e. The normalized spacial score (nSPS) is 15.7. The summed E-state index contributed by atoms with van der Waals surface area (Å²) in [7, 11) is 1.51. The van der Waals surface area contributed by atoms with Crippen molar-refractivity contribution in [3.05, 3.63) is 64.7 Å². The van der Waals surface area contributed by atoms with Gasteiger partial charge in [0.15, 0.2) is 11.5 Å². The molecule has 28 heavy (non-hydrogen) atoms. The van der Waals surface area contributed by atoms with E-state index in [1.54, 1.807) is 28.9 Å². The smallest absolute Gasteiger partial charge is 0.229 e. The van der Waals surface area contributed by atoms with Gasteiger partial charge in [0.05, 0.1) is 24.6 Å². The Morgan fingerprint density at radius 1 is 1.32 bits per heavy atom. The molecule has 1 aliphatic heterocycles. The van der Waals surface area contributed by atoms with Gasteiger partial charge in [-0.3, -0.25) is 10.1 Å². The van der Waals surface area contributed by atoms with Gasteiger partial charge in [0.25, 0.3) is 0 Å². The second-order valence-electron chi connectivity index (χ2n) is 6.25. The van der Waals surface area contributed by atoms with Gasteiger partial charge in [0.1, 0.15) is 18.8 Å². The number of carbonyl (C=O) groups is 1. The molecular formula is C19H16ClFN4O3. The predicted octanol–water partition coefficient (Wildman–Crippen LogP) is 3.59. The SMILES string of the molecule is COc1cc([C@H]2CC(=O)Nc3ncnn32)cc(Cl)c1OCc1ccc(F)cc1. The first-order chi connectivity index (χ1) is 13.5. The number of methoxy groups -OCH3 is 1. The molecule has 0 saturated carbocycles. The Labute approximate surface area is 165 Å². The van der Waals surface area contributed by atoms with Crippen LogP contribution in [0.15, 0.2) is 42.7 Å². The Kier molecular flexibility index (Phi) is 4.87. The summed E-state index contributed by atoms with van der Waals surface area (Å²) in [5, 5.41) is 7.19. The van der Waals surface area contributed by atoms with Gasteiger partial charge in [-0.1, -0.05) is 23.7 Å². The lowest BCUT2D eigenvalue weighted by atomic mass is 10.0. The maximum absolute atomic E-state index is 13.0. The van der Waals surface area contributed by atoms with E-state index >= 15 is 0 Å².